The maximum Gasteiger partial charge on any atom is 0.406 e. The van der Waals surface area contributed by atoms with E-state index in [1.807, 2.05) is 0 Å². The fourth-order valence-corrected chi connectivity index (χ4v) is 2.73. The highest BCUT2D eigenvalue weighted by Gasteiger charge is 2.64. The van der Waals surface area contributed by atoms with Crippen molar-refractivity contribution in [1.29, 1.82) is 0 Å². The minimum Gasteiger partial charge on any atom is -0.481 e. The van der Waals surface area contributed by atoms with Crippen LogP contribution in [0.1, 0.15) is 19.3 Å². The van der Waals surface area contributed by atoms with Crippen molar-refractivity contribution in [3.8, 4) is 0 Å². The Balaban J connectivity index is 2.10. The number of nitrogens with zero attached hydrogens (tertiary/aromatic N) is 1. The molecule has 0 saturated carbocycles. The van der Waals surface area contributed by atoms with Gasteiger partial charge in [0.25, 0.3) is 0 Å². The Morgan fingerprint density at radius 1 is 1.25 bits per heavy atom. The molecule has 2 heterocycles. The third-order valence-electron chi connectivity index (χ3n) is 4.10. The molecule has 1 N–H and O–H groups in total. The molecule has 5 nitrogen and oxygen atoms in total. The zero-order valence-corrected chi connectivity index (χ0v) is 10.8. The summed E-state index contributed by atoms with van der Waals surface area (Å²) >= 11 is 0. The van der Waals surface area contributed by atoms with Crippen LogP contribution in [0, 0.1) is 11.3 Å². The van der Waals surface area contributed by atoms with Crippen LogP contribution in [0.15, 0.2) is 0 Å². The first-order valence-corrected chi connectivity index (χ1v) is 6.44. The number of likely N-dealkylation sites (tertiary alicyclic amines) is 1. The SMILES string of the molecule is O=C(C1CCOCC1)N1CCC(C(=O)O)(C(F)(F)F)C1. The molecule has 2 aliphatic rings. The molecule has 0 bridgehead atoms. The van der Waals surface area contributed by atoms with E-state index < -0.39 is 30.5 Å². The zero-order chi connectivity index (χ0) is 15.0. The molecule has 0 aromatic carbocycles. The molecule has 1 atom stereocenters. The predicted octanol–water partition coefficient (Wildman–Crippen LogP) is 1.28. The lowest BCUT2D eigenvalue weighted by Gasteiger charge is -2.29. The van der Waals surface area contributed by atoms with Crippen LogP contribution in [0.4, 0.5) is 13.2 Å². The van der Waals surface area contributed by atoms with Crippen molar-refractivity contribution >= 4 is 11.9 Å². The summed E-state index contributed by atoms with van der Waals surface area (Å²) in [5.41, 5.74) is -2.83. The molecule has 0 aromatic rings. The smallest absolute Gasteiger partial charge is 0.406 e. The van der Waals surface area contributed by atoms with Crippen LogP contribution in [0.5, 0.6) is 0 Å². The van der Waals surface area contributed by atoms with Crippen LogP contribution in [0.3, 0.4) is 0 Å². The molecular weight excluding hydrogens is 279 g/mol. The molecule has 0 aromatic heterocycles. The van der Waals surface area contributed by atoms with Gasteiger partial charge in [0.15, 0.2) is 5.41 Å². The first-order chi connectivity index (χ1) is 9.28. The van der Waals surface area contributed by atoms with Crippen molar-refractivity contribution in [3.05, 3.63) is 0 Å². The number of carbonyl (C=O) groups is 2. The van der Waals surface area contributed by atoms with Crippen molar-refractivity contribution in [2.24, 2.45) is 11.3 Å². The fraction of sp³-hybridized carbons (Fsp3) is 0.833. The molecule has 0 spiro atoms. The number of carboxylic acids is 1. The fourth-order valence-electron chi connectivity index (χ4n) is 2.73. The highest BCUT2D eigenvalue weighted by atomic mass is 19.4. The number of halogens is 3. The molecule has 114 valence electrons. The van der Waals surface area contributed by atoms with Gasteiger partial charge in [-0.25, -0.2) is 0 Å². The summed E-state index contributed by atoms with van der Waals surface area (Å²) in [5, 5.41) is 8.93. The van der Waals surface area contributed by atoms with E-state index >= 15 is 0 Å². The van der Waals surface area contributed by atoms with Crippen LogP contribution in [-0.2, 0) is 14.3 Å². The lowest BCUT2D eigenvalue weighted by atomic mass is 9.86. The number of aliphatic carboxylic acids is 1. The molecule has 1 unspecified atom stereocenters. The number of ether oxygens (including phenoxy) is 1. The number of alkyl halides is 3. The van der Waals surface area contributed by atoms with Gasteiger partial charge in [-0.3, -0.25) is 9.59 Å². The maximum absolute atomic E-state index is 13.0. The van der Waals surface area contributed by atoms with Crippen molar-refractivity contribution in [1.82, 2.24) is 4.90 Å². The Hall–Kier alpha value is -1.31. The monoisotopic (exact) mass is 295 g/mol. The summed E-state index contributed by atoms with van der Waals surface area (Å²) in [5.74, 6) is -2.66. The Bertz CT molecular complexity index is 406. The van der Waals surface area contributed by atoms with Gasteiger partial charge in [-0.15, -0.1) is 0 Å². The van der Waals surface area contributed by atoms with E-state index in [9.17, 15) is 22.8 Å². The molecule has 0 aliphatic carbocycles. The second-order valence-corrected chi connectivity index (χ2v) is 5.28. The quantitative estimate of drug-likeness (QED) is 0.833. The van der Waals surface area contributed by atoms with Gasteiger partial charge in [0.05, 0.1) is 0 Å². The van der Waals surface area contributed by atoms with E-state index in [0.29, 0.717) is 26.1 Å². The first kappa shape index (κ1) is 15.1. The second kappa shape index (κ2) is 5.23. The van der Waals surface area contributed by atoms with Gasteiger partial charge < -0.3 is 14.7 Å². The number of amides is 1. The van der Waals surface area contributed by atoms with Crippen LogP contribution in [0.2, 0.25) is 0 Å². The second-order valence-electron chi connectivity index (χ2n) is 5.28. The number of carbonyl (C=O) groups excluding carboxylic acids is 1. The summed E-state index contributed by atoms with van der Waals surface area (Å²) < 4.78 is 44.1. The van der Waals surface area contributed by atoms with Crippen molar-refractivity contribution in [2.75, 3.05) is 26.3 Å². The van der Waals surface area contributed by atoms with E-state index in [-0.39, 0.29) is 18.4 Å². The van der Waals surface area contributed by atoms with Gasteiger partial charge in [-0.05, 0) is 19.3 Å². The Kier molecular flexibility index (Phi) is 3.95. The van der Waals surface area contributed by atoms with E-state index in [1.165, 1.54) is 0 Å². The molecule has 2 saturated heterocycles. The summed E-state index contributed by atoms with van der Waals surface area (Å²) in [6.45, 7) is -0.134. The third-order valence-corrected chi connectivity index (χ3v) is 4.10. The lowest BCUT2D eigenvalue weighted by Crippen LogP contribution is -2.48. The molecule has 2 fully saturated rings. The van der Waals surface area contributed by atoms with Crippen LogP contribution in [-0.4, -0.2) is 54.4 Å². The van der Waals surface area contributed by atoms with Gasteiger partial charge in [-0.1, -0.05) is 0 Å². The minimum atomic E-state index is -4.86. The number of hydrogen-bond donors (Lipinski definition) is 1. The molecule has 8 heteroatoms. The standard InChI is InChI=1S/C12H16F3NO4/c13-12(14,15)11(10(18)19)3-4-16(7-11)9(17)8-1-5-20-6-2-8/h8H,1-7H2,(H,18,19). The normalized spacial score (nSPS) is 28.6. The lowest BCUT2D eigenvalue weighted by molar-refractivity contribution is -0.227. The summed E-state index contributed by atoms with van der Waals surface area (Å²) in [7, 11) is 0. The average molecular weight is 295 g/mol. The van der Waals surface area contributed by atoms with E-state index in [1.54, 1.807) is 0 Å². The zero-order valence-electron chi connectivity index (χ0n) is 10.8. The Labute approximate surface area is 113 Å². The number of rotatable bonds is 2. The van der Waals surface area contributed by atoms with E-state index in [0.717, 1.165) is 4.90 Å². The molecular formula is C12H16F3NO4. The van der Waals surface area contributed by atoms with Crippen LogP contribution < -0.4 is 0 Å². The van der Waals surface area contributed by atoms with Gasteiger partial charge in [0, 0.05) is 32.2 Å². The molecule has 2 aliphatic heterocycles. The summed E-state index contributed by atoms with van der Waals surface area (Å²) in [4.78, 5) is 24.2. The van der Waals surface area contributed by atoms with Gasteiger partial charge in [0.1, 0.15) is 0 Å². The molecule has 1 amide bonds. The van der Waals surface area contributed by atoms with Crippen molar-refractivity contribution in [2.45, 2.75) is 25.4 Å². The predicted molar refractivity (Wildman–Crippen MR) is 60.9 cm³/mol. The van der Waals surface area contributed by atoms with Gasteiger partial charge >= 0.3 is 12.1 Å². The number of carboxylic acid groups (broad SMARTS) is 1. The van der Waals surface area contributed by atoms with Gasteiger partial charge in [-0.2, -0.15) is 13.2 Å². The highest BCUT2D eigenvalue weighted by Crippen LogP contribution is 2.46. The Morgan fingerprint density at radius 3 is 2.30 bits per heavy atom. The van der Waals surface area contributed by atoms with Crippen LogP contribution in [0.25, 0.3) is 0 Å². The Morgan fingerprint density at radius 2 is 1.85 bits per heavy atom. The van der Waals surface area contributed by atoms with Gasteiger partial charge in [0.2, 0.25) is 5.91 Å². The third kappa shape index (κ3) is 2.48. The topological polar surface area (TPSA) is 66.8 Å². The first-order valence-electron chi connectivity index (χ1n) is 6.44. The molecule has 2 rings (SSSR count). The molecule has 0 radical (unpaired) electrons. The van der Waals surface area contributed by atoms with E-state index in [2.05, 4.69) is 0 Å². The minimum absolute atomic E-state index is 0.165. The molecule has 20 heavy (non-hydrogen) atoms. The highest BCUT2D eigenvalue weighted by molar-refractivity contribution is 5.82. The summed E-state index contributed by atoms with van der Waals surface area (Å²) in [6.07, 6.45) is -4.49. The van der Waals surface area contributed by atoms with Crippen molar-refractivity contribution < 1.29 is 32.6 Å². The van der Waals surface area contributed by atoms with Crippen LogP contribution >= 0.6 is 0 Å². The average Bonchev–Trinajstić information content (AvgIpc) is 2.85. The largest absolute Gasteiger partial charge is 0.481 e. The maximum atomic E-state index is 13.0. The van der Waals surface area contributed by atoms with Crippen molar-refractivity contribution in [3.63, 3.8) is 0 Å². The van der Waals surface area contributed by atoms with E-state index in [4.69, 9.17) is 9.84 Å². The number of hydrogen-bond acceptors (Lipinski definition) is 3. The summed E-state index contributed by atoms with van der Waals surface area (Å²) in [6, 6.07) is 0.